The molecular weight excluding hydrogens is 381 g/mol. The number of benzene rings is 2. The van der Waals surface area contributed by atoms with Crippen molar-refractivity contribution in [2.24, 2.45) is 0 Å². The Morgan fingerprint density at radius 2 is 1.88 bits per heavy atom. The van der Waals surface area contributed by atoms with Crippen LogP contribution in [-0.4, -0.2) is 31.9 Å². The number of hydrogen-bond acceptors (Lipinski definition) is 4. The Kier molecular flexibility index (Phi) is 8.25. The molecule has 0 fully saturated rings. The fraction of sp³-hybridized carbons (Fsp3) is 0.278. The second kappa shape index (κ2) is 10.4. The molecule has 0 spiro atoms. The topological polar surface area (TPSA) is 47.6 Å². The molecule has 0 aliphatic carbocycles. The fourth-order valence-electron chi connectivity index (χ4n) is 2.01. The molecule has 25 heavy (non-hydrogen) atoms. The van der Waals surface area contributed by atoms with E-state index in [-0.39, 0.29) is 12.5 Å². The van der Waals surface area contributed by atoms with Crippen molar-refractivity contribution in [3.63, 3.8) is 0 Å². The monoisotopic (exact) mass is 399 g/mol. The summed E-state index contributed by atoms with van der Waals surface area (Å²) in [6.07, 6.45) is 0. The summed E-state index contributed by atoms with van der Waals surface area (Å²) in [4.78, 5) is 11.8. The van der Waals surface area contributed by atoms with Gasteiger partial charge in [0.1, 0.15) is 0 Å². The van der Waals surface area contributed by atoms with E-state index < -0.39 is 0 Å². The first-order valence-electron chi connectivity index (χ1n) is 7.64. The first-order chi connectivity index (χ1) is 12.1. The van der Waals surface area contributed by atoms with Crippen LogP contribution in [0.15, 0.2) is 42.5 Å². The average molecular weight is 400 g/mol. The van der Waals surface area contributed by atoms with Crippen LogP contribution in [-0.2, 0) is 10.5 Å². The van der Waals surface area contributed by atoms with Gasteiger partial charge in [-0.15, -0.1) is 0 Å². The highest BCUT2D eigenvalue weighted by atomic mass is 35.5. The third-order valence-corrected chi connectivity index (χ3v) is 5.02. The minimum absolute atomic E-state index is 0.0438. The molecule has 0 heterocycles. The quantitative estimate of drug-likeness (QED) is 0.633. The van der Waals surface area contributed by atoms with E-state index in [0.717, 1.165) is 17.1 Å². The Labute approximate surface area is 161 Å². The lowest BCUT2D eigenvalue weighted by Crippen LogP contribution is -2.30. The minimum Gasteiger partial charge on any atom is -0.493 e. The van der Waals surface area contributed by atoms with Gasteiger partial charge in [-0.25, -0.2) is 0 Å². The van der Waals surface area contributed by atoms with E-state index in [1.807, 2.05) is 24.3 Å². The van der Waals surface area contributed by atoms with Crippen molar-refractivity contribution < 1.29 is 14.3 Å². The van der Waals surface area contributed by atoms with Crippen LogP contribution in [0, 0.1) is 0 Å². The third-order valence-electron chi connectivity index (χ3n) is 3.25. The maximum atomic E-state index is 11.8. The molecule has 1 amide bonds. The highest BCUT2D eigenvalue weighted by molar-refractivity contribution is 7.98. The van der Waals surface area contributed by atoms with Gasteiger partial charge in [0.25, 0.3) is 5.91 Å². The first-order valence-corrected chi connectivity index (χ1v) is 9.55. The van der Waals surface area contributed by atoms with Gasteiger partial charge in [0.05, 0.1) is 17.2 Å². The van der Waals surface area contributed by atoms with Gasteiger partial charge in [-0.05, 0) is 29.8 Å². The smallest absolute Gasteiger partial charge is 0.257 e. The molecule has 0 unspecified atom stereocenters. The molecule has 1 N–H and O–H groups in total. The van der Waals surface area contributed by atoms with Crippen molar-refractivity contribution in [3.05, 3.63) is 58.1 Å². The number of nitrogens with one attached hydrogen (secondary N) is 1. The zero-order valence-corrected chi connectivity index (χ0v) is 16.1. The molecule has 7 heteroatoms. The molecule has 2 aromatic rings. The number of hydrogen-bond donors (Lipinski definition) is 1. The molecule has 0 radical (unpaired) electrons. The number of carbonyl (C=O) groups is 1. The SMILES string of the molecule is COc1ccccc1OCC(=O)NCCSCc1ccc(Cl)c(Cl)c1. The molecule has 0 saturated carbocycles. The van der Waals surface area contributed by atoms with Crippen molar-refractivity contribution >= 4 is 40.9 Å². The average Bonchev–Trinajstić information content (AvgIpc) is 2.62. The number of carbonyl (C=O) groups excluding carboxylic acids is 1. The number of thioether (sulfide) groups is 1. The standard InChI is InChI=1S/C18H19Cl2NO3S/c1-23-16-4-2-3-5-17(16)24-11-18(22)21-8-9-25-12-13-6-7-14(19)15(20)10-13/h2-7,10H,8-9,11-12H2,1H3,(H,21,22). The minimum atomic E-state index is -0.166. The molecule has 0 aromatic heterocycles. The Balaban J connectivity index is 1.63. The Morgan fingerprint density at radius 3 is 2.60 bits per heavy atom. The second-order valence-electron chi connectivity index (χ2n) is 5.09. The number of rotatable bonds is 9. The molecule has 0 atom stereocenters. The molecule has 4 nitrogen and oxygen atoms in total. The normalized spacial score (nSPS) is 10.4. The Bertz CT molecular complexity index is 712. The number of halogens is 2. The lowest BCUT2D eigenvalue weighted by Gasteiger charge is -2.10. The van der Waals surface area contributed by atoms with Gasteiger partial charge in [-0.2, -0.15) is 11.8 Å². The van der Waals surface area contributed by atoms with E-state index in [1.54, 1.807) is 37.1 Å². The van der Waals surface area contributed by atoms with E-state index >= 15 is 0 Å². The van der Waals surface area contributed by atoms with Gasteiger partial charge >= 0.3 is 0 Å². The maximum Gasteiger partial charge on any atom is 0.257 e. The van der Waals surface area contributed by atoms with E-state index in [4.69, 9.17) is 32.7 Å². The highest BCUT2D eigenvalue weighted by Gasteiger charge is 2.06. The number of para-hydroxylation sites is 2. The summed E-state index contributed by atoms with van der Waals surface area (Å²) in [5.41, 5.74) is 1.10. The van der Waals surface area contributed by atoms with Gasteiger partial charge in [-0.1, -0.05) is 41.4 Å². The van der Waals surface area contributed by atoms with Gasteiger partial charge in [-0.3, -0.25) is 4.79 Å². The van der Waals surface area contributed by atoms with Gasteiger partial charge in [0.2, 0.25) is 0 Å². The van der Waals surface area contributed by atoms with E-state index in [0.29, 0.717) is 28.1 Å². The second-order valence-corrected chi connectivity index (χ2v) is 7.01. The van der Waals surface area contributed by atoms with Crippen LogP contribution in [0.25, 0.3) is 0 Å². The van der Waals surface area contributed by atoms with Crippen molar-refractivity contribution in [1.29, 1.82) is 0 Å². The lowest BCUT2D eigenvalue weighted by molar-refractivity contribution is -0.122. The van der Waals surface area contributed by atoms with Crippen LogP contribution in [0.5, 0.6) is 11.5 Å². The number of ether oxygens (including phenoxy) is 2. The molecule has 0 aliphatic heterocycles. The predicted molar refractivity (Wildman–Crippen MR) is 104 cm³/mol. The van der Waals surface area contributed by atoms with Gasteiger partial charge < -0.3 is 14.8 Å². The molecular formula is C18H19Cl2NO3S. The van der Waals surface area contributed by atoms with E-state index in [2.05, 4.69) is 5.32 Å². The van der Waals surface area contributed by atoms with Crippen LogP contribution in [0.2, 0.25) is 10.0 Å². The van der Waals surface area contributed by atoms with Gasteiger partial charge in [0, 0.05) is 18.1 Å². The van der Waals surface area contributed by atoms with Crippen LogP contribution in [0.4, 0.5) is 0 Å². The third kappa shape index (κ3) is 6.69. The summed E-state index contributed by atoms with van der Waals surface area (Å²) in [6, 6.07) is 12.8. The number of methoxy groups -OCH3 is 1. The zero-order chi connectivity index (χ0) is 18.1. The number of amides is 1. The maximum absolute atomic E-state index is 11.8. The largest absolute Gasteiger partial charge is 0.493 e. The van der Waals surface area contributed by atoms with Crippen molar-refractivity contribution in [2.75, 3.05) is 26.0 Å². The first kappa shape index (κ1) is 19.8. The van der Waals surface area contributed by atoms with Crippen LogP contribution < -0.4 is 14.8 Å². The van der Waals surface area contributed by atoms with Crippen LogP contribution in [0.1, 0.15) is 5.56 Å². The predicted octanol–water partition coefficient (Wildman–Crippen LogP) is 4.43. The van der Waals surface area contributed by atoms with Crippen molar-refractivity contribution in [3.8, 4) is 11.5 Å². The van der Waals surface area contributed by atoms with Crippen LogP contribution in [0.3, 0.4) is 0 Å². The highest BCUT2D eigenvalue weighted by Crippen LogP contribution is 2.26. The molecule has 2 rings (SSSR count). The zero-order valence-electron chi connectivity index (χ0n) is 13.8. The molecule has 0 bridgehead atoms. The molecule has 0 saturated heterocycles. The summed E-state index contributed by atoms with van der Waals surface area (Å²) in [5, 5.41) is 3.93. The summed E-state index contributed by atoms with van der Waals surface area (Å²) in [7, 11) is 1.56. The van der Waals surface area contributed by atoms with E-state index in [9.17, 15) is 4.79 Å². The van der Waals surface area contributed by atoms with Gasteiger partial charge in [0.15, 0.2) is 18.1 Å². The van der Waals surface area contributed by atoms with Crippen LogP contribution >= 0.6 is 35.0 Å². The lowest BCUT2D eigenvalue weighted by atomic mass is 10.2. The summed E-state index contributed by atoms with van der Waals surface area (Å²) < 4.78 is 10.6. The Morgan fingerprint density at radius 1 is 1.12 bits per heavy atom. The molecule has 134 valence electrons. The molecule has 0 aliphatic rings. The van der Waals surface area contributed by atoms with Crippen molar-refractivity contribution in [1.82, 2.24) is 5.32 Å². The van der Waals surface area contributed by atoms with Crippen molar-refractivity contribution in [2.45, 2.75) is 5.75 Å². The van der Waals surface area contributed by atoms with E-state index in [1.165, 1.54) is 0 Å². The summed E-state index contributed by atoms with van der Waals surface area (Å²) in [6.45, 7) is 0.526. The molecule has 2 aromatic carbocycles. The fourth-order valence-corrected chi connectivity index (χ4v) is 3.14. The summed E-state index contributed by atoms with van der Waals surface area (Å²) >= 11 is 13.6. The Hall–Kier alpha value is -1.56. The summed E-state index contributed by atoms with van der Waals surface area (Å²) in [5.74, 6) is 2.59.